The Bertz CT molecular complexity index is 147. The van der Waals surface area contributed by atoms with E-state index in [9.17, 15) is 0 Å². The second-order valence-electron chi connectivity index (χ2n) is 4.34. The van der Waals surface area contributed by atoms with Gasteiger partial charge in [-0.15, -0.1) is 6.58 Å². The summed E-state index contributed by atoms with van der Waals surface area (Å²) in [6.07, 6.45) is 1.90. The summed E-state index contributed by atoms with van der Waals surface area (Å²) in [6.45, 7) is 12.7. The third-order valence-electron chi connectivity index (χ3n) is 1.84. The molecule has 0 saturated carbocycles. The normalized spacial score (nSPS) is 16.7. The summed E-state index contributed by atoms with van der Waals surface area (Å²) in [4.78, 5) is 0. The molecule has 2 heteroatoms. The molecule has 2 atom stereocenters. The second kappa shape index (κ2) is 5.40. The minimum absolute atomic E-state index is 0.0757. The molecule has 0 aliphatic heterocycles. The van der Waals surface area contributed by atoms with Gasteiger partial charge < -0.3 is 9.47 Å². The van der Waals surface area contributed by atoms with Gasteiger partial charge in [-0.2, -0.15) is 0 Å². The van der Waals surface area contributed by atoms with Gasteiger partial charge in [0.2, 0.25) is 0 Å². The highest BCUT2D eigenvalue weighted by Gasteiger charge is 2.17. The zero-order valence-electron chi connectivity index (χ0n) is 9.46. The van der Waals surface area contributed by atoms with E-state index in [1.807, 2.05) is 6.08 Å². The molecule has 0 N–H and O–H groups in total. The quantitative estimate of drug-likeness (QED) is 0.614. The third kappa shape index (κ3) is 5.83. The highest BCUT2D eigenvalue weighted by Crippen LogP contribution is 2.13. The summed E-state index contributed by atoms with van der Waals surface area (Å²) >= 11 is 0. The Balaban J connectivity index is 3.85. The second-order valence-corrected chi connectivity index (χ2v) is 4.34. The fourth-order valence-corrected chi connectivity index (χ4v) is 1.04. The Kier molecular flexibility index (Phi) is 5.26. The molecule has 0 fully saturated rings. The molecule has 0 unspecified atom stereocenters. The molecule has 0 heterocycles. The number of hydrogen-bond acceptors (Lipinski definition) is 2. The van der Waals surface area contributed by atoms with Gasteiger partial charge in [-0.3, -0.25) is 0 Å². The van der Waals surface area contributed by atoms with Crippen LogP contribution in [0.1, 0.15) is 27.7 Å². The molecule has 0 radical (unpaired) electrons. The maximum absolute atomic E-state index is 5.65. The summed E-state index contributed by atoms with van der Waals surface area (Å²) in [6, 6.07) is 0. The van der Waals surface area contributed by atoms with E-state index in [2.05, 4.69) is 34.3 Å². The number of methoxy groups -OCH3 is 1. The minimum atomic E-state index is -0.0757. The monoisotopic (exact) mass is 186 g/mol. The molecule has 0 bridgehead atoms. The van der Waals surface area contributed by atoms with Crippen LogP contribution in [0.15, 0.2) is 12.7 Å². The average molecular weight is 186 g/mol. The maximum atomic E-state index is 5.65. The van der Waals surface area contributed by atoms with Crippen molar-refractivity contribution in [2.45, 2.75) is 39.4 Å². The molecule has 0 saturated heterocycles. The van der Waals surface area contributed by atoms with E-state index in [-0.39, 0.29) is 11.7 Å². The number of rotatable bonds is 5. The van der Waals surface area contributed by atoms with E-state index in [4.69, 9.17) is 9.47 Å². The van der Waals surface area contributed by atoms with Crippen molar-refractivity contribution in [2.75, 3.05) is 13.7 Å². The SMILES string of the molecule is C=C[C@@H](OC)[C@H](C)COC(C)(C)C. The molecule has 0 aromatic heterocycles. The van der Waals surface area contributed by atoms with Crippen molar-refractivity contribution >= 4 is 0 Å². The molecule has 0 aliphatic carbocycles. The molecule has 0 spiro atoms. The van der Waals surface area contributed by atoms with Gasteiger partial charge in [-0.25, -0.2) is 0 Å². The molecule has 0 amide bonds. The van der Waals surface area contributed by atoms with Crippen LogP contribution in [0.5, 0.6) is 0 Å². The zero-order chi connectivity index (χ0) is 10.5. The lowest BCUT2D eigenvalue weighted by Crippen LogP contribution is -2.28. The van der Waals surface area contributed by atoms with Crippen LogP contribution in [0.3, 0.4) is 0 Å². The molecule has 0 aromatic carbocycles. The summed E-state index contributed by atoms with van der Waals surface area (Å²) in [5, 5.41) is 0. The topological polar surface area (TPSA) is 18.5 Å². The lowest BCUT2D eigenvalue weighted by molar-refractivity contribution is -0.0425. The fourth-order valence-electron chi connectivity index (χ4n) is 1.04. The lowest BCUT2D eigenvalue weighted by atomic mass is 10.1. The van der Waals surface area contributed by atoms with Gasteiger partial charge in [0.25, 0.3) is 0 Å². The van der Waals surface area contributed by atoms with E-state index < -0.39 is 0 Å². The molecule has 2 nitrogen and oxygen atoms in total. The van der Waals surface area contributed by atoms with Crippen LogP contribution in [-0.4, -0.2) is 25.4 Å². The highest BCUT2D eigenvalue weighted by molar-refractivity contribution is 4.84. The average Bonchev–Trinajstić information content (AvgIpc) is 2.02. The summed E-state index contributed by atoms with van der Waals surface area (Å²) in [5.41, 5.74) is -0.0757. The van der Waals surface area contributed by atoms with Crippen LogP contribution in [0.2, 0.25) is 0 Å². The fraction of sp³-hybridized carbons (Fsp3) is 0.818. The Morgan fingerprint density at radius 1 is 1.38 bits per heavy atom. The van der Waals surface area contributed by atoms with Gasteiger partial charge in [-0.05, 0) is 20.8 Å². The van der Waals surface area contributed by atoms with Gasteiger partial charge in [-0.1, -0.05) is 13.0 Å². The Labute approximate surface area is 81.9 Å². The third-order valence-corrected chi connectivity index (χ3v) is 1.84. The highest BCUT2D eigenvalue weighted by atomic mass is 16.5. The van der Waals surface area contributed by atoms with E-state index in [1.165, 1.54) is 0 Å². The predicted molar refractivity (Wildman–Crippen MR) is 55.9 cm³/mol. The van der Waals surface area contributed by atoms with Gasteiger partial charge in [0.15, 0.2) is 0 Å². The standard InChI is InChI=1S/C11H22O2/c1-7-10(12-6)9(2)8-13-11(3,4)5/h7,9-10H,1,8H2,2-6H3/t9-,10-/m1/s1. The minimum Gasteiger partial charge on any atom is -0.377 e. The van der Waals surface area contributed by atoms with Gasteiger partial charge >= 0.3 is 0 Å². The van der Waals surface area contributed by atoms with Crippen LogP contribution in [0.4, 0.5) is 0 Å². The molecule has 0 aromatic rings. The summed E-state index contributed by atoms with van der Waals surface area (Å²) in [5.74, 6) is 0.349. The van der Waals surface area contributed by atoms with E-state index >= 15 is 0 Å². The van der Waals surface area contributed by atoms with E-state index in [1.54, 1.807) is 7.11 Å². The van der Waals surface area contributed by atoms with E-state index in [0.717, 1.165) is 0 Å². The molecular formula is C11H22O2. The maximum Gasteiger partial charge on any atom is 0.0796 e. The Morgan fingerprint density at radius 3 is 2.23 bits per heavy atom. The smallest absolute Gasteiger partial charge is 0.0796 e. The first-order valence-electron chi connectivity index (χ1n) is 4.70. The number of hydrogen-bond donors (Lipinski definition) is 0. The van der Waals surface area contributed by atoms with Crippen molar-refractivity contribution in [3.05, 3.63) is 12.7 Å². The predicted octanol–water partition coefficient (Wildman–Crippen LogP) is 2.64. The summed E-state index contributed by atoms with van der Waals surface area (Å²) in [7, 11) is 1.69. The van der Waals surface area contributed by atoms with Crippen molar-refractivity contribution in [3.8, 4) is 0 Å². The van der Waals surface area contributed by atoms with Gasteiger partial charge in [0, 0.05) is 13.0 Å². The first kappa shape index (κ1) is 12.7. The first-order chi connectivity index (χ1) is 5.90. The first-order valence-corrected chi connectivity index (χ1v) is 4.70. The van der Waals surface area contributed by atoms with Crippen LogP contribution >= 0.6 is 0 Å². The zero-order valence-corrected chi connectivity index (χ0v) is 9.46. The lowest BCUT2D eigenvalue weighted by Gasteiger charge is -2.25. The molecule has 78 valence electrons. The Morgan fingerprint density at radius 2 is 1.92 bits per heavy atom. The Hall–Kier alpha value is -0.340. The van der Waals surface area contributed by atoms with Crippen molar-refractivity contribution in [1.82, 2.24) is 0 Å². The van der Waals surface area contributed by atoms with Crippen molar-refractivity contribution in [2.24, 2.45) is 5.92 Å². The van der Waals surface area contributed by atoms with Crippen molar-refractivity contribution < 1.29 is 9.47 Å². The molecular weight excluding hydrogens is 164 g/mol. The van der Waals surface area contributed by atoms with Crippen molar-refractivity contribution in [1.29, 1.82) is 0 Å². The van der Waals surface area contributed by atoms with Gasteiger partial charge in [0.1, 0.15) is 0 Å². The van der Waals surface area contributed by atoms with Crippen LogP contribution in [0, 0.1) is 5.92 Å². The van der Waals surface area contributed by atoms with E-state index in [0.29, 0.717) is 12.5 Å². The summed E-state index contributed by atoms with van der Waals surface area (Å²) < 4.78 is 10.9. The largest absolute Gasteiger partial charge is 0.377 e. The van der Waals surface area contributed by atoms with Gasteiger partial charge in [0.05, 0.1) is 18.3 Å². The van der Waals surface area contributed by atoms with Crippen LogP contribution < -0.4 is 0 Å². The van der Waals surface area contributed by atoms with Crippen molar-refractivity contribution in [3.63, 3.8) is 0 Å². The number of ether oxygens (including phenoxy) is 2. The molecule has 0 rings (SSSR count). The molecule has 13 heavy (non-hydrogen) atoms. The molecule has 0 aliphatic rings. The van der Waals surface area contributed by atoms with Crippen LogP contribution in [0.25, 0.3) is 0 Å². The van der Waals surface area contributed by atoms with Crippen LogP contribution in [-0.2, 0) is 9.47 Å².